The van der Waals surface area contributed by atoms with Gasteiger partial charge in [-0.15, -0.1) is 0 Å². The van der Waals surface area contributed by atoms with E-state index in [0.717, 1.165) is 29.7 Å². The van der Waals surface area contributed by atoms with E-state index < -0.39 is 9.84 Å². The molecule has 9 nitrogen and oxygen atoms in total. The lowest BCUT2D eigenvalue weighted by atomic mass is 9.87. The Morgan fingerprint density at radius 2 is 2.19 bits per heavy atom. The quantitative estimate of drug-likeness (QED) is 0.611. The highest BCUT2D eigenvalue weighted by atomic mass is 32.2. The van der Waals surface area contributed by atoms with Crippen LogP contribution in [0.2, 0.25) is 0 Å². The van der Waals surface area contributed by atoms with Gasteiger partial charge >= 0.3 is 0 Å². The Morgan fingerprint density at radius 1 is 1.34 bits per heavy atom. The summed E-state index contributed by atoms with van der Waals surface area (Å²) in [5, 5.41) is 14.7. The van der Waals surface area contributed by atoms with Gasteiger partial charge in [-0.2, -0.15) is 10.2 Å². The first-order valence-corrected chi connectivity index (χ1v) is 12.7. The normalized spacial score (nSPS) is 26.5. The lowest BCUT2D eigenvalue weighted by molar-refractivity contribution is 0.102. The topological polar surface area (TPSA) is 123 Å². The Balaban J connectivity index is 1.23. The molecule has 1 saturated heterocycles. The molecule has 1 saturated carbocycles. The van der Waals surface area contributed by atoms with Crippen LogP contribution in [-0.4, -0.2) is 50.8 Å². The molecular formula is C22H24N6O3S. The maximum absolute atomic E-state index is 13.0. The zero-order valence-electron chi connectivity index (χ0n) is 17.7. The van der Waals surface area contributed by atoms with Gasteiger partial charge in [-0.1, -0.05) is 13.0 Å². The fourth-order valence-corrected chi connectivity index (χ4v) is 6.94. The predicted molar refractivity (Wildman–Crippen MR) is 117 cm³/mol. The second-order valence-corrected chi connectivity index (χ2v) is 11.9. The van der Waals surface area contributed by atoms with Gasteiger partial charge in [-0.3, -0.25) is 19.6 Å². The summed E-state index contributed by atoms with van der Waals surface area (Å²) in [7, 11) is -2.99. The Bertz CT molecular complexity index is 1300. The molecule has 32 heavy (non-hydrogen) atoms. The monoisotopic (exact) mass is 452 g/mol. The Morgan fingerprint density at radius 3 is 2.94 bits per heavy atom. The number of aromatic nitrogens is 5. The Labute approximate surface area is 185 Å². The van der Waals surface area contributed by atoms with Gasteiger partial charge in [0.2, 0.25) is 0 Å². The van der Waals surface area contributed by atoms with Gasteiger partial charge in [0, 0.05) is 35.8 Å². The number of amides is 1. The average Bonchev–Trinajstić information content (AvgIpc) is 3.02. The summed E-state index contributed by atoms with van der Waals surface area (Å²) >= 11 is 0. The maximum atomic E-state index is 13.0. The van der Waals surface area contributed by atoms with E-state index in [2.05, 4.69) is 32.5 Å². The molecule has 2 aliphatic carbocycles. The van der Waals surface area contributed by atoms with E-state index in [1.807, 2.05) is 12.1 Å². The molecule has 166 valence electrons. The lowest BCUT2D eigenvalue weighted by Gasteiger charge is -2.33. The lowest BCUT2D eigenvalue weighted by Crippen LogP contribution is -2.42. The number of nitrogens with zero attached hydrogens (tertiary/aromatic N) is 4. The van der Waals surface area contributed by atoms with Gasteiger partial charge in [0.15, 0.2) is 15.5 Å². The van der Waals surface area contributed by atoms with Gasteiger partial charge in [-0.05, 0) is 42.2 Å². The number of hydrogen-bond acceptors (Lipinski definition) is 6. The number of nitrogens with one attached hydrogen (secondary N) is 2. The zero-order valence-corrected chi connectivity index (χ0v) is 18.5. The molecule has 0 bridgehead atoms. The highest BCUT2D eigenvalue weighted by Crippen LogP contribution is 2.59. The maximum Gasteiger partial charge on any atom is 0.276 e. The van der Waals surface area contributed by atoms with Crippen LogP contribution in [0.15, 0.2) is 36.9 Å². The summed E-state index contributed by atoms with van der Waals surface area (Å²) in [5.41, 5.74) is 4.37. The van der Waals surface area contributed by atoms with E-state index in [-0.39, 0.29) is 29.4 Å². The van der Waals surface area contributed by atoms with Crippen LogP contribution in [0.1, 0.15) is 46.7 Å². The predicted octanol–water partition coefficient (Wildman–Crippen LogP) is 2.01. The van der Waals surface area contributed by atoms with Crippen LogP contribution in [0.3, 0.4) is 0 Å². The molecule has 0 radical (unpaired) electrons. The fraction of sp³-hybridized carbons (Fsp3) is 0.455. The first-order valence-electron chi connectivity index (χ1n) is 10.8. The van der Waals surface area contributed by atoms with Crippen molar-refractivity contribution in [2.24, 2.45) is 17.3 Å². The fourth-order valence-electron chi connectivity index (χ4n) is 5.37. The number of fused-ring (bicyclic) bond motifs is 2. The van der Waals surface area contributed by atoms with Crippen LogP contribution >= 0.6 is 0 Å². The molecule has 4 heterocycles. The van der Waals surface area contributed by atoms with Gasteiger partial charge in [0.05, 0.1) is 29.4 Å². The minimum Gasteiger partial charge on any atom is -0.318 e. The largest absolute Gasteiger partial charge is 0.318 e. The van der Waals surface area contributed by atoms with Crippen molar-refractivity contribution in [2.75, 3.05) is 16.8 Å². The number of sulfone groups is 1. The van der Waals surface area contributed by atoms with Crippen molar-refractivity contribution in [1.82, 2.24) is 25.0 Å². The smallest absolute Gasteiger partial charge is 0.276 e. The number of hydrogen-bond donors (Lipinski definition) is 2. The summed E-state index contributed by atoms with van der Waals surface area (Å²) in [6.45, 7) is 2.29. The van der Waals surface area contributed by atoms with Crippen LogP contribution < -0.4 is 5.32 Å². The van der Waals surface area contributed by atoms with E-state index in [1.165, 1.54) is 6.42 Å². The van der Waals surface area contributed by atoms with E-state index in [1.54, 1.807) is 29.5 Å². The summed E-state index contributed by atoms with van der Waals surface area (Å²) in [5.74, 6) is 0.538. The van der Waals surface area contributed by atoms with Gasteiger partial charge in [-0.25, -0.2) is 8.42 Å². The molecule has 1 amide bonds. The summed E-state index contributed by atoms with van der Waals surface area (Å²) in [6, 6.07) is 3.49. The molecule has 3 aliphatic rings. The van der Waals surface area contributed by atoms with Crippen molar-refractivity contribution < 1.29 is 13.2 Å². The molecule has 3 aromatic heterocycles. The average molecular weight is 453 g/mol. The first-order chi connectivity index (χ1) is 15.3. The van der Waals surface area contributed by atoms with Crippen LogP contribution in [-0.2, 0) is 22.7 Å². The van der Waals surface area contributed by atoms with E-state index in [4.69, 9.17) is 0 Å². The Kier molecular flexibility index (Phi) is 4.14. The van der Waals surface area contributed by atoms with Crippen LogP contribution in [0, 0.1) is 17.3 Å². The SMILES string of the molecule is CC12Cc3[nH]nc(C(=O)Nc4cnn(C(c5cccnc5)C5CS(=O)(=O)C5)c4)c3CC1C2. The number of rotatable bonds is 5. The van der Waals surface area contributed by atoms with Crippen LogP contribution in [0.25, 0.3) is 0 Å². The molecule has 0 aromatic carbocycles. The molecule has 1 aliphatic heterocycles. The molecule has 0 spiro atoms. The Hall–Kier alpha value is -3.01. The minimum absolute atomic E-state index is 0.0844. The summed E-state index contributed by atoms with van der Waals surface area (Å²) in [6.07, 6.45) is 9.80. The standard InChI is InChI=1S/C22H24N6O3S/c1-22-6-15(22)5-17-18(7-22)26-27-19(17)21(29)25-16-9-24-28(10-16)20(13-3-2-4-23-8-13)14-11-32(30,31)12-14/h2-4,8-10,14-15,20H,5-7,11-12H2,1H3,(H,25,29)(H,26,27). The third-order valence-electron chi connectivity index (χ3n) is 7.29. The number of carbonyl (C=O) groups excluding carboxylic acids is 1. The molecule has 6 rings (SSSR count). The second-order valence-electron chi connectivity index (χ2n) is 9.70. The number of aromatic amines is 1. The van der Waals surface area contributed by atoms with Crippen molar-refractivity contribution >= 4 is 21.4 Å². The number of anilines is 1. The van der Waals surface area contributed by atoms with Gasteiger partial charge in [0.25, 0.3) is 5.91 Å². The van der Waals surface area contributed by atoms with Gasteiger partial charge < -0.3 is 5.32 Å². The highest BCUT2D eigenvalue weighted by Gasteiger charge is 2.53. The van der Waals surface area contributed by atoms with Crippen molar-refractivity contribution in [2.45, 2.75) is 32.2 Å². The van der Waals surface area contributed by atoms with Gasteiger partial charge in [0.1, 0.15) is 0 Å². The molecular weight excluding hydrogens is 428 g/mol. The van der Waals surface area contributed by atoms with Crippen LogP contribution in [0.5, 0.6) is 0 Å². The molecule has 3 aromatic rings. The number of pyridine rings is 1. The molecule has 3 atom stereocenters. The zero-order chi connectivity index (χ0) is 22.1. The molecule has 2 N–H and O–H groups in total. The second kappa shape index (κ2) is 6.74. The first kappa shape index (κ1) is 19.7. The summed E-state index contributed by atoms with van der Waals surface area (Å²) in [4.78, 5) is 17.1. The van der Waals surface area contributed by atoms with E-state index in [0.29, 0.717) is 22.7 Å². The highest BCUT2D eigenvalue weighted by molar-refractivity contribution is 7.92. The summed E-state index contributed by atoms with van der Waals surface area (Å²) < 4.78 is 25.3. The van der Waals surface area contributed by atoms with Crippen molar-refractivity contribution in [1.29, 1.82) is 0 Å². The van der Waals surface area contributed by atoms with E-state index in [9.17, 15) is 13.2 Å². The van der Waals surface area contributed by atoms with E-state index >= 15 is 0 Å². The van der Waals surface area contributed by atoms with Crippen molar-refractivity contribution in [3.05, 3.63) is 59.4 Å². The number of H-pyrrole nitrogens is 1. The van der Waals surface area contributed by atoms with Crippen molar-refractivity contribution in [3.63, 3.8) is 0 Å². The third kappa shape index (κ3) is 3.24. The minimum atomic E-state index is -2.99. The van der Waals surface area contributed by atoms with Crippen molar-refractivity contribution in [3.8, 4) is 0 Å². The number of carbonyl (C=O) groups is 1. The molecule has 3 unspecified atom stereocenters. The third-order valence-corrected chi connectivity index (χ3v) is 9.16. The molecule has 2 fully saturated rings. The molecule has 10 heteroatoms. The van der Waals surface area contributed by atoms with Crippen LogP contribution in [0.4, 0.5) is 5.69 Å².